The van der Waals surface area contributed by atoms with Crippen LogP contribution in [0.5, 0.6) is 0 Å². The van der Waals surface area contributed by atoms with E-state index >= 15 is 0 Å². The van der Waals surface area contributed by atoms with Gasteiger partial charge in [-0.1, -0.05) is 24.3 Å². The maximum absolute atomic E-state index is 13.8. The number of amides is 2. The molecule has 35 heavy (non-hydrogen) atoms. The van der Waals surface area contributed by atoms with Crippen molar-refractivity contribution in [3.05, 3.63) is 92.9 Å². The fourth-order valence-corrected chi connectivity index (χ4v) is 5.50. The van der Waals surface area contributed by atoms with E-state index in [1.807, 2.05) is 24.0 Å². The summed E-state index contributed by atoms with van der Waals surface area (Å²) >= 11 is 1.73. The lowest BCUT2D eigenvalue weighted by Crippen LogP contribution is -2.47. The van der Waals surface area contributed by atoms with Gasteiger partial charge in [0.05, 0.1) is 6.04 Å². The fraction of sp³-hybridized carbons (Fsp3) is 0.357. The molecular formula is C28H31FN2O3S. The van der Waals surface area contributed by atoms with Crippen LogP contribution in [0.15, 0.2) is 60.0 Å². The molecule has 2 aromatic carbocycles. The number of rotatable bonds is 9. The molecule has 0 saturated carbocycles. The van der Waals surface area contributed by atoms with E-state index < -0.39 is 5.82 Å². The van der Waals surface area contributed by atoms with Gasteiger partial charge in [-0.25, -0.2) is 4.39 Å². The Hall–Kier alpha value is -3.03. The predicted octanol–water partition coefficient (Wildman–Crippen LogP) is 5.24. The second-order valence-electron chi connectivity index (χ2n) is 8.68. The quantitative estimate of drug-likeness (QED) is 0.383. The predicted molar refractivity (Wildman–Crippen MR) is 136 cm³/mol. The summed E-state index contributed by atoms with van der Waals surface area (Å²) < 4.78 is 18.9. The molecule has 1 aliphatic rings. The number of carbonyl (C=O) groups excluding carboxylic acids is 2. The number of fused-ring (bicyclic) bond motifs is 1. The van der Waals surface area contributed by atoms with Crippen molar-refractivity contribution >= 4 is 23.2 Å². The summed E-state index contributed by atoms with van der Waals surface area (Å²) in [5.41, 5.74) is 3.76. The summed E-state index contributed by atoms with van der Waals surface area (Å²) in [7, 11) is 0. The molecular weight excluding hydrogens is 463 g/mol. The number of halogens is 1. The highest BCUT2D eigenvalue weighted by Crippen LogP contribution is 2.39. The van der Waals surface area contributed by atoms with Crippen molar-refractivity contribution in [1.29, 1.82) is 0 Å². The largest absolute Gasteiger partial charge is 0.382 e. The number of nitrogens with zero attached hydrogens (tertiary/aromatic N) is 2. The number of benzene rings is 2. The average Bonchev–Trinajstić information content (AvgIpc) is 3.35. The number of hydrogen-bond acceptors (Lipinski definition) is 4. The van der Waals surface area contributed by atoms with Gasteiger partial charge in [0.15, 0.2) is 0 Å². The van der Waals surface area contributed by atoms with Crippen LogP contribution in [-0.4, -0.2) is 54.5 Å². The molecule has 7 heteroatoms. The highest BCUT2D eigenvalue weighted by atomic mass is 32.1. The van der Waals surface area contributed by atoms with E-state index in [2.05, 4.69) is 30.5 Å². The number of hydrogen-bond donors (Lipinski definition) is 0. The minimum atomic E-state index is -0.401. The van der Waals surface area contributed by atoms with Gasteiger partial charge in [0.2, 0.25) is 5.91 Å². The lowest BCUT2D eigenvalue weighted by atomic mass is 9.90. The first kappa shape index (κ1) is 25.1. The summed E-state index contributed by atoms with van der Waals surface area (Å²) in [6, 6.07) is 15.6. The number of carbonyl (C=O) groups is 2. The molecule has 0 N–H and O–H groups in total. The fourth-order valence-electron chi connectivity index (χ4n) is 4.60. The molecule has 2 heterocycles. The van der Waals surface area contributed by atoms with Gasteiger partial charge in [0.25, 0.3) is 5.91 Å². The van der Waals surface area contributed by atoms with Gasteiger partial charge >= 0.3 is 0 Å². The molecule has 1 aromatic heterocycles. The van der Waals surface area contributed by atoms with Crippen LogP contribution in [0.3, 0.4) is 0 Å². The molecule has 0 bridgehead atoms. The topological polar surface area (TPSA) is 49.9 Å². The van der Waals surface area contributed by atoms with Gasteiger partial charge in [-0.3, -0.25) is 9.59 Å². The Morgan fingerprint density at radius 3 is 2.63 bits per heavy atom. The lowest BCUT2D eigenvalue weighted by molar-refractivity contribution is -0.134. The molecule has 1 atom stereocenters. The van der Waals surface area contributed by atoms with E-state index in [4.69, 9.17) is 4.74 Å². The van der Waals surface area contributed by atoms with Gasteiger partial charge < -0.3 is 14.5 Å². The second kappa shape index (κ2) is 11.6. The molecule has 4 rings (SSSR count). The first-order valence-corrected chi connectivity index (χ1v) is 12.9. The van der Waals surface area contributed by atoms with Crippen LogP contribution in [0.25, 0.3) is 0 Å². The molecule has 0 radical (unpaired) electrons. The zero-order valence-electron chi connectivity index (χ0n) is 20.2. The molecule has 0 saturated heterocycles. The van der Waals surface area contributed by atoms with Crippen LogP contribution in [0.4, 0.5) is 4.39 Å². The molecule has 5 nitrogen and oxygen atoms in total. The van der Waals surface area contributed by atoms with Crippen molar-refractivity contribution in [1.82, 2.24) is 9.80 Å². The van der Waals surface area contributed by atoms with Gasteiger partial charge in [0, 0.05) is 36.7 Å². The summed E-state index contributed by atoms with van der Waals surface area (Å²) in [4.78, 5) is 31.8. The van der Waals surface area contributed by atoms with Crippen LogP contribution in [0.1, 0.15) is 51.3 Å². The Balaban J connectivity index is 1.59. The third-order valence-electron chi connectivity index (χ3n) is 6.39. The highest BCUT2D eigenvalue weighted by Gasteiger charge is 2.34. The van der Waals surface area contributed by atoms with Crippen molar-refractivity contribution in [3.8, 4) is 0 Å². The van der Waals surface area contributed by atoms with E-state index in [0.29, 0.717) is 38.3 Å². The molecule has 0 aliphatic carbocycles. The van der Waals surface area contributed by atoms with Gasteiger partial charge in [0.1, 0.15) is 12.4 Å². The smallest absolute Gasteiger partial charge is 0.254 e. The minimum absolute atomic E-state index is 0.0375. The van der Waals surface area contributed by atoms with Gasteiger partial charge in [-0.2, -0.15) is 0 Å². The first-order valence-electron chi connectivity index (χ1n) is 12.0. The van der Waals surface area contributed by atoms with E-state index in [9.17, 15) is 14.0 Å². The van der Waals surface area contributed by atoms with E-state index in [1.165, 1.54) is 29.1 Å². The maximum Gasteiger partial charge on any atom is 0.254 e. The maximum atomic E-state index is 13.8. The van der Waals surface area contributed by atoms with Crippen molar-refractivity contribution < 1.29 is 18.7 Å². The third-order valence-corrected chi connectivity index (χ3v) is 7.39. The number of aryl methyl sites for hydroxylation is 1. The van der Waals surface area contributed by atoms with Crippen molar-refractivity contribution in [2.45, 2.75) is 32.7 Å². The Morgan fingerprint density at radius 2 is 1.89 bits per heavy atom. The number of ether oxygens (including phenoxy) is 1. The summed E-state index contributed by atoms with van der Waals surface area (Å²) in [5.74, 6) is -0.779. The molecule has 2 amide bonds. The van der Waals surface area contributed by atoms with E-state index in [-0.39, 0.29) is 24.4 Å². The minimum Gasteiger partial charge on any atom is -0.382 e. The lowest BCUT2D eigenvalue weighted by Gasteiger charge is -2.38. The molecule has 1 aliphatic heterocycles. The van der Waals surface area contributed by atoms with Crippen LogP contribution in [-0.2, 0) is 16.0 Å². The average molecular weight is 495 g/mol. The molecule has 0 fully saturated rings. The van der Waals surface area contributed by atoms with Crippen molar-refractivity contribution in [3.63, 3.8) is 0 Å². The zero-order valence-corrected chi connectivity index (χ0v) is 21.0. The third kappa shape index (κ3) is 5.80. The molecule has 3 aromatic rings. The van der Waals surface area contributed by atoms with Crippen molar-refractivity contribution in [2.24, 2.45) is 0 Å². The zero-order chi connectivity index (χ0) is 24.8. The first-order chi connectivity index (χ1) is 17.0. The molecule has 184 valence electrons. The van der Waals surface area contributed by atoms with Crippen molar-refractivity contribution in [2.75, 3.05) is 32.8 Å². The second-order valence-corrected chi connectivity index (χ2v) is 9.68. The van der Waals surface area contributed by atoms with Crippen LogP contribution in [0, 0.1) is 12.7 Å². The molecule has 1 unspecified atom stereocenters. The van der Waals surface area contributed by atoms with Crippen LogP contribution >= 0.6 is 11.3 Å². The number of thiophene rings is 1. The standard InChI is InChI=1S/C28H31FN2O3S/c1-3-34-17-6-15-30(28(33)21-9-11-22(29)12-10-21)19-26(32)31-16-13-25-24(14-18-35-25)27(31)23-8-5-4-7-20(23)2/h4-5,7-12,14,18,27H,3,6,13,15-17,19H2,1-2H3. The van der Waals surface area contributed by atoms with Gasteiger partial charge in [-0.05, 0) is 79.1 Å². The monoisotopic (exact) mass is 494 g/mol. The van der Waals surface area contributed by atoms with Gasteiger partial charge in [-0.15, -0.1) is 11.3 Å². The van der Waals surface area contributed by atoms with Crippen LogP contribution in [0.2, 0.25) is 0 Å². The normalized spacial score (nSPS) is 15.1. The summed E-state index contributed by atoms with van der Waals surface area (Å²) in [6.45, 7) is 6.04. The van der Waals surface area contributed by atoms with E-state index in [0.717, 1.165) is 23.1 Å². The molecule has 0 spiro atoms. The van der Waals surface area contributed by atoms with Crippen LogP contribution < -0.4 is 0 Å². The summed E-state index contributed by atoms with van der Waals surface area (Å²) in [5, 5.41) is 2.09. The Morgan fingerprint density at radius 1 is 1.11 bits per heavy atom. The summed E-state index contributed by atoms with van der Waals surface area (Å²) in [6.07, 6.45) is 1.42. The SMILES string of the molecule is CCOCCCN(CC(=O)N1CCc2sccc2C1c1ccccc1C)C(=O)c1ccc(F)cc1. The Labute approximate surface area is 210 Å². The Bertz CT molecular complexity index is 1160. The Kier molecular flexibility index (Phi) is 8.31. The van der Waals surface area contributed by atoms with E-state index in [1.54, 1.807) is 16.2 Å². The highest BCUT2D eigenvalue weighted by molar-refractivity contribution is 7.10.